The monoisotopic (exact) mass is 204 g/mol. The standard InChI is InChI=1S/C14H20O/c1-8-5-10(3)14-11(4)9(2)7-13(15)12(14)6-8/h5-6,9,11,13,15H,7H2,1-4H3. The van der Waals surface area contributed by atoms with E-state index < -0.39 is 0 Å². The van der Waals surface area contributed by atoms with Crippen molar-refractivity contribution >= 4 is 0 Å². The summed E-state index contributed by atoms with van der Waals surface area (Å²) in [6, 6.07) is 4.37. The Labute approximate surface area is 92.1 Å². The number of aryl methyl sites for hydroxylation is 2. The van der Waals surface area contributed by atoms with Crippen molar-refractivity contribution < 1.29 is 5.11 Å². The second kappa shape index (κ2) is 3.64. The lowest BCUT2D eigenvalue weighted by atomic mass is 9.73. The molecule has 0 amide bonds. The Bertz CT molecular complexity index is 381. The van der Waals surface area contributed by atoms with Crippen LogP contribution in [0.25, 0.3) is 0 Å². The molecule has 1 aromatic carbocycles. The van der Waals surface area contributed by atoms with Crippen LogP contribution in [0.4, 0.5) is 0 Å². The molecular formula is C14H20O. The van der Waals surface area contributed by atoms with E-state index in [-0.39, 0.29) is 6.10 Å². The Morgan fingerprint density at radius 1 is 1.20 bits per heavy atom. The van der Waals surface area contributed by atoms with Crippen LogP contribution in [0.15, 0.2) is 12.1 Å². The number of aliphatic hydroxyl groups excluding tert-OH is 1. The average molecular weight is 204 g/mol. The Kier molecular flexibility index (Phi) is 2.59. The lowest BCUT2D eigenvalue weighted by molar-refractivity contribution is 0.127. The maximum Gasteiger partial charge on any atom is 0.0795 e. The third-order valence-electron chi connectivity index (χ3n) is 3.83. The molecule has 1 aliphatic rings. The fraction of sp³-hybridized carbons (Fsp3) is 0.571. The molecule has 15 heavy (non-hydrogen) atoms. The Balaban J connectivity index is 2.60. The van der Waals surface area contributed by atoms with Gasteiger partial charge in [-0.2, -0.15) is 0 Å². The van der Waals surface area contributed by atoms with Crippen molar-refractivity contribution in [1.82, 2.24) is 0 Å². The van der Waals surface area contributed by atoms with E-state index in [4.69, 9.17) is 0 Å². The summed E-state index contributed by atoms with van der Waals surface area (Å²) in [6.07, 6.45) is 0.640. The molecule has 1 heteroatoms. The Morgan fingerprint density at radius 2 is 1.87 bits per heavy atom. The smallest absolute Gasteiger partial charge is 0.0795 e. The molecule has 0 spiro atoms. The molecule has 0 aliphatic heterocycles. The van der Waals surface area contributed by atoms with Crippen LogP contribution >= 0.6 is 0 Å². The highest BCUT2D eigenvalue weighted by molar-refractivity contribution is 5.43. The van der Waals surface area contributed by atoms with Gasteiger partial charge >= 0.3 is 0 Å². The summed E-state index contributed by atoms with van der Waals surface area (Å²) < 4.78 is 0. The summed E-state index contributed by atoms with van der Waals surface area (Å²) in [4.78, 5) is 0. The van der Waals surface area contributed by atoms with Crippen LogP contribution in [-0.4, -0.2) is 5.11 Å². The Hall–Kier alpha value is -0.820. The van der Waals surface area contributed by atoms with Gasteiger partial charge in [0.15, 0.2) is 0 Å². The number of fused-ring (bicyclic) bond motifs is 1. The van der Waals surface area contributed by atoms with Crippen molar-refractivity contribution in [3.8, 4) is 0 Å². The van der Waals surface area contributed by atoms with Crippen molar-refractivity contribution in [3.63, 3.8) is 0 Å². The molecule has 1 nitrogen and oxygen atoms in total. The van der Waals surface area contributed by atoms with E-state index in [9.17, 15) is 5.11 Å². The van der Waals surface area contributed by atoms with Gasteiger partial charge in [-0.15, -0.1) is 0 Å². The third kappa shape index (κ3) is 1.69. The maximum absolute atomic E-state index is 10.1. The molecule has 0 aromatic heterocycles. The van der Waals surface area contributed by atoms with Crippen LogP contribution in [0.1, 0.15) is 54.5 Å². The van der Waals surface area contributed by atoms with Gasteiger partial charge in [-0.1, -0.05) is 31.5 Å². The van der Waals surface area contributed by atoms with Crippen LogP contribution in [0.5, 0.6) is 0 Å². The van der Waals surface area contributed by atoms with Gasteiger partial charge in [0.1, 0.15) is 0 Å². The topological polar surface area (TPSA) is 20.2 Å². The molecule has 1 aromatic rings. The first-order valence-electron chi connectivity index (χ1n) is 5.79. The molecule has 3 atom stereocenters. The van der Waals surface area contributed by atoms with E-state index in [2.05, 4.69) is 39.8 Å². The molecule has 0 fully saturated rings. The van der Waals surface area contributed by atoms with E-state index in [0.717, 1.165) is 12.0 Å². The van der Waals surface area contributed by atoms with Crippen molar-refractivity contribution in [2.24, 2.45) is 5.92 Å². The minimum absolute atomic E-state index is 0.259. The van der Waals surface area contributed by atoms with E-state index in [0.29, 0.717) is 11.8 Å². The van der Waals surface area contributed by atoms with Gasteiger partial charge in [0.05, 0.1) is 6.10 Å². The predicted molar refractivity (Wildman–Crippen MR) is 63.1 cm³/mol. The maximum atomic E-state index is 10.1. The van der Waals surface area contributed by atoms with E-state index in [1.165, 1.54) is 16.7 Å². The van der Waals surface area contributed by atoms with Gasteiger partial charge in [-0.05, 0) is 48.8 Å². The Morgan fingerprint density at radius 3 is 2.53 bits per heavy atom. The van der Waals surface area contributed by atoms with Crippen LogP contribution in [0.3, 0.4) is 0 Å². The number of hydrogen-bond donors (Lipinski definition) is 1. The number of rotatable bonds is 0. The molecule has 0 saturated heterocycles. The highest BCUT2D eigenvalue weighted by Gasteiger charge is 2.29. The van der Waals surface area contributed by atoms with Gasteiger partial charge in [-0.25, -0.2) is 0 Å². The van der Waals surface area contributed by atoms with Gasteiger partial charge in [0.25, 0.3) is 0 Å². The fourth-order valence-corrected chi connectivity index (χ4v) is 2.88. The van der Waals surface area contributed by atoms with Crippen molar-refractivity contribution in [2.45, 2.75) is 46.1 Å². The summed E-state index contributed by atoms with van der Waals surface area (Å²) in [5, 5.41) is 10.1. The van der Waals surface area contributed by atoms with Crippen LogP contribution in [0, 0.1) is 19.8 Å². The molecule has 0 bridgehead atoms. The second-order valence-corrected chi connectivity index (χ2v) is 5.10. The zero-order valence-electron chi connectivity index (χ0n) is 10.0. The largest absolute Gasteiger partial charge is 0.388 e. The molecule has 0 heterocycles. The quantitative estimate of drug-likeness (QED) is 0.686. The number of benzene rings is 1. The lowest BCUT2D eigenvalue weighted by Crippen LogP contribution is -2.21. The van der Waals surface area contributed by atoms with E-state index in [1.54, 1.807) is 0 Å². The summed E-state index contributed by atoms with van der Waals surface area (Å²) >= 11 is 0. The van der Waals surface area contributed by atoms with Crippen LogP contribution < -0.4 is 0 Å². The first kappa shape index (κ1) is 10.7. The van der Waals surface area contributed by atoms with Gasteiger partial charge in [0, 0.05) is 0 Å². The average Bonchev–Trinajstić information content (AvgIpc) is 2.13. The molecule has 0 radical (unpaired) electrons. The zero-order valence-corrected chi connectivity index (χ0v) is 10.0. The number of aliphatic hydroxyl groups is 1. The zero-order chi connectivity index (χ0) is 11.2. The van der Waals surface area contributed by atoms with Crippen molar-refractivity contribution in [3.05, 3.63) is 34.4 Å². The highest BCUT2D eigenvalue weighted by Crippen LogP contribution is 2.42. The molecule has 2 rings (SSSR count). The SMILES string of the molecule is Cc1cc(C)c2c(c1)C(O)CC(C)C2C. The van der Waals surface area contributed by atoms with Gasteiger partial charge in [-0.3, -0.25) is 0 Å². The third-order valence-corrected chi connectivity index (χ3v) is 3.83. The molecule has 0 saturated carbocycles. The second-order valence-electron chi connectivity index (χ2n) is 5.10. The van der Waals surface area contributed by atoms with E-state index >= 15 is 0 Å². The van der Waals surface area contributed by atoms with Crippen LogP contribution in [0.2, 0.25) is 0 Å². The number of hydrogen-bond acceptors (Lipinski definition) is 1. The van der Waals surface area contributed by atoms with Crippen molar-refractivity contribution in [1.29, 1.82) is 0 Å². The highest BCUT2D eigenvalue weighted by atomic mass is 16.3. The summed E-state index contributed by atoms with van der Waals surface area (Å²) in [5.74, 6) is 1.15. The van der Waals surface area contributed by atoms with Crippen molar-refractivity contribution in [2.75, 3.05) is 0 Å². The summed E-state index contributed by atoms with van der Waals surface area (Å²) in [6.45, 7) is 8.77. The van der Waals surface area contributed by atoms with Crippen LogP contribution in [-0.2, 0) is 0 Å². The summed E-state index contributed by atoms with van der Waals surface area (Å²) in [7, 11) is 0. The normalized spacial score (nSPS) is 30.1. The first-order chi connectivity index (χ1) is 7.00. The molecule has 82 valence electrons. The first-order valence-corrected chi connectivity index (χ1v) is 5.79. The van der Waals surface area contributed by atoms with Gasteiger partial charge < -0.3 is 5.11 Å². The minimum atomic E-state index is -0.259. The molecule has 1 aliphatic carbocycles. The predicted octanol–water partition coefficient (Wildman–Crippen LogP) is 3.48. The molecular weight excluding hydrogens is 184 g/mol. The fourth-order valence-electron chi connectivity index (χ4n) is 2.88. The molecule has 3 unspecified atom stereocenters. The molecule has 1 N–H and O–H groups in total. The lowest BCUT2D eigenvalue weighted by Gasteiger charge is -2.33. The summed E-state index contributed by atoms with van der Waals surface area (Å²) in [5.41, 5.74) is 5.14. The van der Waals surface area contributed by atoms with Gasteiger partial charge in [0.2, 0.25) is 0 Å². The van der Waals surface area contributed by atoms with E-state index in [1.807, 2.05) is 0 Å². The minimum Gasteiger partial charge on any atom is -0.388 e.